The number of pyridine rings is 1. The molecule has 5 heteroatoms. The van der Waals surface area contributed by atoms with E-state index in [2.05, 4.69) is 28.1 Å². The number of anilines is 1. The number of benzene rings is 1. The first-order valence-electron chi connectivity index (χ1n) is 8.65. The number of rotatable bonds is 3. The van der Waals surface area contributed by atoms with Crippen molar-refractivity contribution in [2.75, 3.05) is 30.3 Å². The Labute approximate surface area is 146 Å². The van der Waals surface area contributed by atoms with E-state index in [0.717, 1.165) is 55.7 Å². The molecule has 0 atom stereocenters. The maximum Gasteiger partial charge on any atom is 0.103 e. The predicted molar refractivity (Wildman–Crippen MR) is 97.5 cm³/mol. The highest BCUT2D eigenvalue weighted by atomic mass is 32.2. The predicted octanol–water partition coefficient (Wildman–Crippen LogP) is 3.35. The largest absolute Gasteiger partial charge is 0.396 e. The quantitative estimate of drug-likeness (QED) is 0.929. The number of thioether (sulfide) groups is 1. The second-order valence-corrected chi connectivity index (χ2v) is 7.75. The van der Waals surface area contributed by atoms with Crippen LogP contribution in [0.15, 0.2) is 23.2 Å². The zero-order valence-corrected chi connectivity index (χ0v) is 14.5. The van der Waals surface area contributed by atoms with E-state index in [1.807, 2.05) is 11.8 Å². The molecular formula is C19H21N3OS. The van der Waals surface area contributed by atoms with Gasteiger partial charge in [-0.2, -0.15) is 5.26 Å². The Hall–Kier alpha value is -1.77. The van der Waals surface area contributed by atoms with Crippen molar-refractivity contribution >= 4 is 28.4 Å². The Bertz CT molecular complexity index is 806. The first kappa shape index (κ1) is 15.7. The first-order valence-corrected chi connectivity index (χ1v) is 9.63. The van der Waals surface area contributed by atoms with Gasteiger partial charge < -0.3 is 10.0 Å². The molecule has 2 aromatic rings. The van der Waals surface area contributed by atoms with Crippen LogP contribution in [0.25, 0.3) is 10.9 Å². The van der Waals surface area contributed by atoms with Gasteiger partial charge in [0.2, 0.25) is 0 Å². The van der Waals surface area contributed by atoms with Crippen LogP contribution >= 0.6 is 11.8 Å². The van der Waals surface area contributed by atoms with Gasteiger partial charge in [0, 0.05) is 41.9 Å². The zero-order chi connectivity index (χ0) is 16.5. The molecule has 1 aromatic heterocycles. The maximum atomic E-state index is 9.64. The molecule has 2 aliphatic rings. The number of aromatic nitrogens is 1. The van der Waals surface area contributed by atoms with E-state index in [9.17, 15) is 5.26 Å². The molecular weight excluding hydrogens is 318 g/mol. The summed E-state index contributed by atoms with van der Waals surface area (Å²) in [4.78, 5) is 8.26. The summed E-state index contributed by atoms with van der Waals surface area (Å²) >= 11 is 1.90. The average Bonchev–Trinajstić information content (AvgIpc) is 3.10. The van der Waals surface area contributed by atoms with E-state index in [0.29, 0.717) is 11.5 Å². The molecule has 0 bridgehead atoms. The van der Waals surface area contributed by atoms with Crippen molar-refractivity contribution in [3.8, 4) is 6.07 Å². The van der Waals surface area contributed by atoms with E-state index in [-0.39, 0.29) is 6.61 Å². The summed E-state index contributed by atoms with van der Waals surface area (Å²) in [5, 5.41) is 20.0. The lowest BCUT2D eigenvalue weighted by atomic mass is 9.92. The third-order valence-corrected chi connectivity index (χ3v) is 6.37. The molecule has 2 aliphatic heterocycles. The van der Waals surface area contributed by atoms with E-state index < -0.39 is 0 Å². The molecule has 1 fully saturated rings. The third-order valence-electron chi connectivity index (χ3n) is 5.27. The second kappa shape index (κ2) is 6.62. The number of nitriles is 1. The highest BCUT2D eigenvalue weighted by Crippen LogP contribution is 2.41. The molecule has 24 heavy (non-hydrogen) atoms. The lowest BCUT2D eigenvalue weighted by Gasteiger charge is -2.34. The summed E-state index contributed by atoms with van der Waals surface area (Å²) < 4.78 is 0. The molecule has 0 amide bonds. The van der Waals surface area contributed by atoms with Crippen LogP contribution in [0.3, 0.4) is 0 Å². The van der Waals surface area contributed by atoms with E-state index >= 15 is 0 Å². The van der Waals surface area contributed by atoms with Crippen molar-refractivity contribution in [1.82, 2.24) is 4.98 Å². The first-order chi connectivity index (χ1) is 11.8. The summed E-state index contributed by atoms with van der Waals surface area (Å²) in [7, 11) is 0. The Kier molecular flexibility index (Phi) is 4.34. The number of piperidine rings is 1. The van der Waals surface area contributed by atoms with Gasteiger partial charge in [-0.3, -0.25) is 4.98 Å². The fourth-order valence-corrected chi connectivity index (χ4v) is 5.07. The third kappa shape index (κ3) is 2.64. The van der Waals surface area contributed by atoms with Gasteiger partial charge in [0.1, 0.15) is 6.07 Å². The van der Waals surface area contributed by atoms with Gasteiger partial charge in [-0.05, 0) is 49.3 Å². The molecule has 3 heterocycles. The summed E-state index contributed by atoms with van der Waals surface area (Å²) in [5.74, 6) is 1.72. The van der Waals surface area contributed by atoms with E-state index in [4.69, 9.17) is 5.11 Å². The lowest BCUT2D eigenvalue weighted by molar-refractivity contribution is 0.240. The number of aryl methyl sites for hydroxylation is 1. The van der Waals surface area contributed by atoms with Crippen LogP contribution in [0, 0.1) is 17.2 Å². The van der Waals surface area contributed by atoms with Gasteiger partial charge in [0.25, 0.3) is 0 Å². The van der Waals surface area contributed by atoms with Crippen LogP contribution < -0.4 is 4.90 Å². The Morgan fingerprint density at radius 2 is 2.17 bits per heavy atom. The van der Waals surface area contributed by atoms with Crippen molar-refractivity contribution in [3.63, 3.8) is 0 Å². The summed E-state index contributed by atoms with van der Waals surface area (Å²) in [6.07, 6.45) is 5.84. The lowest BCUT2D eigenvalue weighted by Crippen LogP contribution is -2.34. The van der Waals surface area contributed by atoms with Gasteiger partial charge in [0.05, 0.1) is 16.8 Å². The molecule has 1 N–H and O–H groups in total. The van der Waals surface area contributed by atoms with Gasteiger partial charge in [-0.1, -0.05) is 0 Å². The van der Waals surface area contributed by atoms with Crippen LogP contribution in [0.4, 0.5) is 5.69 Å². The number of nitrogens with zero attached hydrogens (tertiary/aromatic N) is 3. The molecule has 4 rings (SSSR count). The van der Waals surface area contributed by atoms with Crippen molar-refractivity contribution < 1.29 is 5.11 Å². The molecule has 0 aliphatic carbocycles. The average molecular weight is 339 g/mol. The summed E-state index contributed by atoms with van der Waals surface area (Å²) in [6.45, 7) is 2.18. The molecule has 0 unspecified atom stereocenters. The number of aliphatic hydroxyl groups is 1. The molecule has 0 saturated carbocycles. The molecule has 1 aromatic carbocycles. The highest BCUT2D eigenvalue weighted by molar-refractivity contribution is 7.99. The van der Waals surface area contributed by atoms with Gasteiger partial charge >= 0.3 is 0 Å². The summed E-state index contributed by atoms with van der Waals surface area (Å²) in [6, 6.07) is 6.63. The van der Waals surface area contributed by atoms with Crippen molar-refractivity contribution in [2.24, 2.45) is 5.92 Å². The van der Waals surface area contributed by atoms with Crippen LogP contribution in [0.1, 0.15) is 30.4 Å². The smallest absolute Gasteiger partial charge is 0.103 e. The topological polar surface area (TPSA) is 60.2 Å². The van der Waals surface area contributed by atoms with E-state index in [1.165, 1.54) is 15.8 Å². The summed E-state index contributed by atoms with van der Waals surface area (Å²) in [5.41, 5.74) is 4.15. The highest BCUT2D eigenvalue weighted by Gasteiger charge is 2.26. The van der Waals surface area contributed by atoms with Crippen LogP contribution in [0.2, 0.25) is 0 Å². The molecule has 0 radical (unpaired) electrons. The Morgan fingerprint density at radius 1 is 1.33 bits per heavy atom. The van der Waals surface area contributed by atoms with Gasteiger partial charge in [0.15, 0.2) is 0 Å². The zero-order valence-electron chi connectivity index (χ0n) is 13.7. The van der Waals surface area contributed by atoms with Crippen LogP contribution in [-0.2, 0) is 6.42 Å². The minimum atomic E-state index is 0.275. The van der Waals surface area contributed by atoms with Crippen molar-refractivity contribution in [1.29, 1.82) is 5.26 Å². The fraction of sp³-hybridized carbons (Fsp3) is 0.474. The van der Waals surface area contributed by atoms with Crippen molar-refractivity contribution in [2.45, 2.75) is 30.6 Å². The Balaban J connectivity index is 1.79. The minimum Gasteiger partial charge on any atom is -0.396 e. The molecule has 4 nitrogen and oxygen atoms in total. The molecule has 0 spiro atoms. The number of hydrogen-bond acceptors (Lipinski definition) is 5. The minimum absolute atomic E-state index is 0.275. The SMILES string of the molecule is N#Cc1cnc2ccc3c(c2c1N1CCC(CCO)CC1)CCS3. The Morgan fingerprint density at radius 3 is 2.92 bits per heavy atom. The number of hydrogen-bond donors (Lipinski definition) is 1. The monoisotopic (exact) mass is 339 g/mol. The van der Waals surface area contributed by atoms with Gasteiger partial charge in [-0.15, -0.1) is 11.8 Å². The fourth-order valence-electron chi connectivity index (χ4n) is 4.00. The normalized spacial score (nSPS) is 17.9. The van der Waals surface area contributed by atoms with Crippen molar-refractivity contribution in [3.05, 3.63) is 29.5 Å². The number of fused-ring (bicyclic) bond motifs is 3. The standard InChI is InChI=1S/C19H21N3OS/c20-11-14-12-21-16-1-2-17-15(6-10-24-17)18(16)19(14)22-7-3-13(4-8-22)5-9-23/h1-2,12-13,23H,3-10H2. The molecule has 1 saturated heterocycles. The van der Waals surface area contributed by atoms with Crippen LogP contribution in [-0.4, -0.2) is 35.5 Å². The second-order valence-electron chi connectivity index (χ2n) is 6.61. The van der Waals surface area contributed by atoms with E-state index in [1.54, 1.807) is 6.20 Å². The van der Waals surface area contributed by atoms with Gasteiger partial charge in [-0.25, -0.2) is 0 Å². The molecule has 124 valence electrons. The number of aliphatic hydroxyl groups excluding tert-OH is 1. The van der Waals surface area contributed by atoms with Crippen LogP contribution in [0.5, 0.6) is 0 Å². The maximum absolute atomic E-state index is 9.64.